The molecule has 1 aromatic heterocycles. The number of carbonyl (C=O) groups is 1. The summed E-state index contributed by atoms with van der Waals surface area (Å²) in [6.07, 6.45) is -0.462. The summed E-state index contributed by atoms with van der Waals surface area (Å²) >= 11 is 0. The molecule has 0 aliphatic heterocycles. The van der Waals surface area contributed by atoms with Gasteiger partial charge in [-0.1, -0.05) is 0 Å². The lowest BCUT2D eigenvalue weighted by molar-refractivity contribution is 0.0524. The van der Waals surface area contributed by atoms with Gasteiger partial charge in [0.1, 0.15) is 17.1 Å². The van der Waals surface area contributed by atoms with Gasteiger partial charge in [-0.05, 0) is 40.7 Å². The monoisotopic (exact) mass is 254 g/mol. The van der Waals surface area contributed by atoms with Crippen molar-refractivity contribution in [2.24, 2.45) is 5.73 Å². The Kier molecular flexibility index (Phi) is 4.40. The first-order chi connectivity index (χ1) is 8.19. The van der Waals surface area contributed by atoms with Gasteiger partial charge in [0.25, 0.3) is 0 Å². The summed E-state index contributed by atoms with van der Waals surface area (Å²) < 4.78 is 10.5. The first kappa shape index (κ1) is 14.6. The highest BCUT2D eigenvalue weighted by atomic mass is 16.6. The number of alkyl carbamates (subject to hydrolysis) is 1. The van der Waals surface area contributed by atoms with Crippen LogP contribution in [0.5, 0.6) is 0 Å². The van der Waals surface area contributed by atoms with E-state index in [0.29, 0.717) is 6.54 Å². The SMILES string of the molecule is Cc1cc(C(N)CNC(=O)OC(C)(C)C)c(C)o1. The van der Waals surface area contributed by atoms with E-state index in [2.05, 4.69) is 5.32 Å². The van der Waals surface area contributed by atoms with Crippen LogP contribution in [0.25, 0.3) is 0 Å². The van der Waals surface area contributed by atoms with Gasteiger partial charge < -0.3 is 20.2 Å². The van der Waals surface area contributed by atoms with Gasteiger partial charge >= 0.3 is 6.09 Å². The summed E-state index contributed by atoms with van der Waals surface area (Å²) in [5, 5.41) is 2.65. The van der Waals surface area contributed by atoms with E-state index in [9.17, 15) is 4.79 Å². The van der Waals surface area contributed by atoms with Crippen LogP contribution >= 0.6 is 0 Å². The zero-order valence-electron chi connectivity index (χ0n) is 11.7. The number of carbonyl (C=O) groups excluding carboxylic acids is 1. The third-order valence-electron chi connectivity index (χ3n) is 2.34. The number of ether oxygens (including phenoxy) is 1. The van der Waals surface area contributed by atoms with Crippen molar-refractivity contribution in [2.45, 2.75) is 46.3 Å². The summed E-state index contributed by atoms with van der Waals surface area (Å²) in [7, 11) is 0. The fraction of sp³-hybridized carbons (Fsp3) is 0.615. The molecule has 0 aromatic carbocycles. The highest BCUT2D eigenvalue weighted by Gasteiger charge is 2.18. The molecule has 102 valence electrons. The Morgan fingerprint density at radius 3 is 2.56 bits per heavy atom. The number of hydrogen-bond acceptors (Lipinski definition) is 4. The standard InChI is InChI=1S/C13H22N2O3/c1-8-6-10(9(2)17-8)11(14)7-15-12(16)18-13(3,4)5/h6,11H,7,14H2,1-5H3,(H,15,16). The van der Waals surface area contributed by atoms with Crippen LogP contribution in [0.3, 0.4) is 0 Å². The minimum Gasteiger partial charge on any atom is -0.466 e. The highest BCUT2D eigenvalue weighted by Crippen LogP contribution is 2.19. The number of hydrogen-bond donors (Lipinski definition) is 2. The van der Waals surface area contributed by atoms with Crippen LogP contribution in [0.2, 0.25) is 0 Å². The lowest BCUT2D eigenvalue weighted by atomic mass is 10.1. The first-order valence-corrected chi connectivity index (χ1v) is 5.98. The molecular formula is C13H22N2O3. The van der Waals surface area contributed by atoms with Gasteiger partial charge in [-0.3, -0.25) is 0 Å². The summed E-state index contributed by atoms with van der Waals surface area (Å²) in [5.74, 6) is 1.60. The summed E-state index contributed by atoms with van der Waals surface area (Å²) in [6, 6.07) is 1.59. The van der Waals surface area contributed by atoms with E-state index in [4.69, 9.17) is 14.9 Å². The third kappa shape index (κ3) is 4.41. The Hall–Kier alpha value is -1.49. The molecule has 1 amide bonds. The van der Waals surface area contributed by atoms with Crippen molar-refractivity contribution in [3.63, 3.8) is 0 Å². The molecule has 0 fully saturated rings. The molecule has 1 unspecified atom stereocenters. The highest BCUT2D eigenvalue weighted by molar-refractivity contribution is 5.67. The second-order valence-electron chi connectivity index (χ2n) is 5.36. The van der Waals surface area contributed by atoms with Crippen molar-refractivity contribution in [3.05, 3.63) is 23.2 Å². The predicted molar refractivity (Wildman–Crippen MR) is 69.3 cm³/mol. The normalized spacial score (nSPS) is 13.2. The van der Waals surface area contributed by atoms with Gasteiger partial charge in [0.15, 0.2) is 0 Å². The van der Waals surface area contributed by atoms with Crippen LogP contribution in [-0.2, 0) is 4.74 Å². The lowest BCUT2D eigenvalue weighted by Crippen LogP contribution is -2.36. The minimum atomic E-state index is -0.504. The van der Waals surface area contributed by atoms with E-state index in [1.54, 1.807) is 0 Å². The third-order valence-corrected chi connectivity index (χ3v) is 2.34. The molecular weight excluding hydrogens is 232 g/mol. The van der Waals surface area contributed by atoms with E-state index in [0.717, 1.165) is 17.1 Å². The van der Waals surface area contributed by atoms with E-state index in [1.165, 1.54) is 0 Å². The number of amides is 1. The molecule has 0 aliphatic rings. The quantitative estimate of drug-likeness (QED) is 0.868. The van der Waals surface area contributed by atoms with Crippen LogP contribution in [0.1, 0.15) is 43.9 Å². The Bertz CT molecular complexity index is 418. The average Bonchev–Trinajstić information content (AvgIpc) is 2.52. The van der Waals surface area contributed by atoms with Crippen molar-refractivity contribution in [3.8, 4) is 0 Å². The van der Waals surface area contributed by atoms with Crippen LogP contribution in [0.4, 0.5) is 4.79 Å². The molecule has 0 saturated carbocycles. The second-order valence-corrected chi connectivity index (χ2v) is 5.36. The summed E-state index contributed by atoms with van der Waals surface area (Å²) in [5.41, 5.74) is 6.39. The molecule has 1 rings (SSSR count). The molecule has 0 saturated heterocycles. The van der Waals surface area contributed by atoms with Crippen molar-refractivity contribution >= 4 is 6.09 Å². The molecule has 0 bridgehead atoms. The number of rotatable bonds is 3. The van der Waals surface area contributed by atoms with Crippen LogP contribution in [-0.4, -0.2) is 18.2 Å². The molecule has 0 aliphatic carbocycles. The number of aryl methyl sites for hydroxylation is 2. The molecule has 18 heavy (non-hydrogen) atoms. The van der Waals surface area contributed by atoms with E-state index in [-0.39, 0.29) is 6.04 Å². The molecule has 1 aromatic rings. The Labute approximate surface area is 108 Å². The smallest absolute Gasteiger partial charge is 0.407 e. The number of nitrogens with two attached hydrogens (primary N) is 1. The van der Waals surface area contributed by atoms with E-state index >= 15 is 0 Å². The van der Waals surface area contributed by atoms with E-state index < -0.39 is 11.7 Å². The van der Waals surface area contributed by atoms with Crippen LogP contribution in [0.15, 0.2) is 10.5 Å². The lowest BCUT2D eigenvalue weighted by Gasteiger charge is -2.20. The molecule has 1 atom stereocenters. The Balaban J connectivity index is 2.49. The van der Waals surface area contributed by atoms with Gasteiger partial charge in [0.05, 0.1) is 6.04 Å². The minimum absolute atomic E-state index is 0.296. The number of furan rings is 1. The molecule has 0 spiro atoms. The van der Waals surface area contributed by atoms with Gasteiger partial charge in [0, 0.05) is 12.1 Å². The van der Waals surface area contributed by atoms with Crippen molar-refractivity contribution in [2.75, 3.05) is 6.54 Å². The zero-order valence-corrected chi connectivity index (χ0v) is 11.7. The molecule has 5 nitrogen and oxygen atoms in total. The van der Waals surface area contributed by atoms with Gasteiger partial charge in [0.2, 0.25) is 0 Å². The van der Waals surface area contributed by atoms with Crippen molar-refractivity contribution in [1.82, 2.24) is 5.32 Å². The fourth-order valence-corrected chi connectivity index (χ4v) is 1.64. The summed E-state index contributed by atoms with van der Waals surface area (Å²) in [6.45, 7) is 9.48. The Morgan fingerprint density at radius 1 is 1.50 bits per heavy atom. The maximum absolute atomic E-state index is 11.5. The maximum Gasteiger partial charge on any atom is 0.407 e. The van der Waals surface area contributed by atoms with Gasteiger partial charge in [-0.25, -0.2) is 4.79 Å². The van der Waals surface area contributed by atoms with Crippen molar-refractivity contribution in [1.29, 1.82) is 0 Å². The van der Waals surface area contributed by atoms with Crippen LogP contribution in [0, 0.1) is 13.8 Å². The average molecular weight is 254 g/mol. The topological polar surface area (TPSA) is 77.5 Å². The molecule has 0 radical (unpaired) electrons. The molecule has 1 heterocycles. The summed E-state index contributed by atoms with van der Waals surface area (Å²) in [4.78, 5) is 11.5. The molecule has 5 heteroatoms. The first-order valence-electron chi connectivity index (χ1n) is 5.98. The Morgan fingerprint density at radius 2 is 2.11 bits per heavy atom. The van der Waals surface area contributed by atoms with Crippen molar-refractivity contribution < 1.29 is 13.9 Å². The zero-order chi connectivity index (χ0) is 13.9. The molecule has 3 N–H and O–H groups in total. The van der Waals surface area contributed by atoms with Gasteiger partial charge in [-0.2, -0.15) is 0 Å². The van der Waals surface area contributed by atoms with Gasteiger partial charge in [-0.15, -0.1) is 0 Å². The predicted octanol–water partition coefficient (Wildman–Crippen LogP) is 2.42. The largest absolute Gasteiger partial charge is 0.466 e. The second kappa shape index (κ2) is 5.44. The fourth-order valence-electron chi connectivity index (χ4n) is 1.64. The van der Waals surface area contributed by atoms with E-state index in [1.807, 2.05) is 40.7 Å². The van der Waals surface area contributed by atoms with Crippen LogP contribution < -0.4 is 11.1 Å². The maximum atomic E-state index is 11.5. The number of nitrogens with one attached hydrogen (secondary N) is 1.